The van der Waals surface area contributed by atoms with Crippen molar-refractivity contribution in [2.75, 3.05) is 13.7 Å². The standard InChI is InChI=1S/C29H33N3O2S2/c1-5-7-11-21(6-2)18-31-28(33)26(36-29(31)35)17-22-19-32(23-12-9-8-10-13-23)30-27(22)25-15-14-24(34-4)16-20(25)3/h8-10,12-17,19,21H,5-7,11,18H2,1-4H3/b26-17-. The Morgan fingerprint density at radius 1 is 1.17 bits per heavy atom. The largest absolute Gasteiger partial charge is 0.497 e. The number of unbranched alkanes of at least 4 members (excludes halogenated alkanes) is 1. The lowest BCUT2D eigenvalue weighted by molar-refractivity contribution is -0.122. The minimum Gasteiger partial charge on any atom is -0.497 e. The highest BCUT2D eigenvalue weighted by Crippen LogP contribution is 2.37. The van der Waals surface area contributed by atoms with Crippen molar-refractivity contribution >= 4 is 40.3 Å². The Morgan fingerprint density at radius 3 is 2.61 bits per heavy atom. The van der Waals surface area contributed by atoms with Crippen LogP contribution in [0.4, 0.5) is 0 Å². The molecule has 1 aromatic heterocycles. The van der Waals surface area contributed by atoms with Crippen LogP contribution >= 0.6 is 24.0 Å². The molecule has 0 spiro atoms. The number of para-hydroxylation sites is 1. The van der Waals surface area contributed by atoms with Gasteiger partial charge >= 0.3 is 0 Å². The van der Waals surface area contributed by atoms with E-state index < -0.39 is 0 Å². The van der Waals surface area contributed by atoms with Crippen LogP contribution in [0.2, 0.25) is 0 Å². The summed E-state index contributed by atoms with van der Waals surface area (Å²) >= 11 is 7.02. The topological polar surface area (TPSA) is 47.4 Å². The SMILES string of the molecule is CCCCC(CC)CN1C(=O)/C(=C/c2cn(-c3ccccc3)nc2-c2ccc(OC)cc2C)SC1=S. The molecule has 36 heavy (non-hydrogen) atoms. The van der Waals surface area contributed by atoms with Crippen molar-refractivity contribution in [3.8, 4) is 22.7 Å². The third kappa shape index (κ3) is 5.73. The third-order valence-electron chi connectivity index (χ3n) is 6.60. The van der Waals surface area contributed by atoms with E-state index in [0.29, 0.717) is 21.7 Å². The van der Waals surface area contributed by atoms with Crippen LogP contribution in [-0.4, -0.2) is 38.6 Å². The summed E-state index contributed by atoms with van der Waals surface area (Å²) in [5.41, 5.74) is 4.71. The normalized spacial score (nSPS) is 15.7. The van der Waals surface area contributed by atoms with Gasteiger partial charge in [-0.15, -0.1) is 0 Å². The second-order valence-electron chi connectivity index (χ2n) is 9.10. The molecule has 5 nitrogen and oxygen atoms in total. The Labute approximate surface area is 223 Å². The van der Waals surface area contributed by atoms with Crippen LogP contribution < -0.4 is 4.74 Å². The second kappa shape index (κ2) is 11.9. The predicted octanol–water partition coefficient (Wildman–Crippen LogP) is 7.27. The summed E-state index contributed by atoms with van der Waals surface area (Å²) in [6.07, 6.45) is 8.42. The molecule has 1 unspecified atom stereocenters. The van der Waals surface area contributed by atoms with Gasteiger partial charge in [-0.25, -0.2) is 4.68 Å². The number of hydrogen-bond acceptors (Lipinski definition) is 5. The van der Waals surface area contributed by atoms with Crippen molar-refractivity contribution in [1.29, 1.82) is 0 Å². The molecule has 2 aromatic carbocycles. The fourth-order valence-corrected chi connectivity index (χ4v) is 5.68. The molecule has 0 radical (unpaired) electrons. The zero-order valence-electron chi connectivity index (χ0n) is 21.4. The van der Waals surface area contributed by atoms with Gasteiger partial charge in [0.25, 0.3) is 5.91 Å². The van der Waals surface area contributed by atoms with Crippen LogP contribution in [0.5, 0.6) is 5.75 Å². The van der Waals surface area contributed by atoms with E-state index in [2.05, 4.69) is 13.8 Å². The highest BCUT2D eigenvalue weighted by atomic mass is 32.2. The van der Waals surface area contributed by atoms with Gasteiger partial charge in [0.15, 0.2) is 0 Å². The Bertz CT molecular complexity index is 1270. The average Bonchev–Trinajstić information content (AvgIpc) is 3.42. The molecule has 1 atom stereocenters. The van der Waals surface area contributed by atoms with Crippen molar-refractivity contribution in [2.24, 2.45) is 5.92 Å². The van der Waals surface area contributed by atoms with Gasteiger partial charge in [0.05, 0.1) is 17.7 Å². The number of rotatable bonds is 10. The molecule has 7 heteroatoms. The Hall–Kier alpha value is -2.90. The molecule has 0 N–H and O–H groups in total. The number of aryl methyl sites for hydroxylation is 1. The van der Waals surface area contributed by atoms with E-state index in [1.165, 1.54) is 18.2 Å². The number of methoxy groups -OCH3 is 1. The van der Waals surface area contributed by atoms with E-state index in [-0.39, 0.29) is 5.91 Å². The Balaban J connectivity index is 1.71. The van der Waals surface area contributed by atoms with Crippen molar-refractivity contribution in [2.45, 2.75) is 46.5 Å². The van der Waals surface area contributed by atoms with Gasteiger partial charge in [-0.1, -0.05) is 75.3 Å². The number of ether oxygens (including phenoxy) is 1. The van der Waals surface area contributed by atoms with Crippen molar-refractivity contribution < 1.29 is 9.53 Å². The molecular weight excluding hydrogens is 486 g/mol. The average molecular weight is 520 g/mol. The molecule has 0 bridgehead atoms. The molecule has 1 saturated heterocycles. The van der Waals surface area contributed by atoms with Gasteiger partial charge in [-0.3, -0.25) is 9.69 Å². The highest BCUT2D eigenvalue weighted by Gasteiger charge is 2.33. The fraction of sp³-hybridized carbons (Fsp3) is 0.345. The molecule has 0 saturated carbocycles. The number of carbonyl (C=O) groups excluding carboxylic acids is 1. The lowest BCUT2D eigenvalue weighted by atomic mass is 9.99. The molecule has 1 amide bonds. The van der Waals surface area contributed by atoms with Crippen molar-refractivity contribution in [3.05, 3.63) is 70.8 Å². The van der Waals surface area contributed by atoms with Crippen LogP contribution in [0.1, 0.15) is 50.7 Å². The second-order valence-corrected chi connectivity index (χ2v) is 10.8. The number of hydrogen-bond donors (Lipinski definition) is 0. The van der Waals surface area contributed by atoms with E-state index >= 15 is 0 Å². The van der Waals surface area contributed by atoms with Crippen LogP contribution in [0.25, 0.3) is 23.0 Å². The van der Waals surface area contributed by atoms with E-state index in [1.807, 2.05) is 72.4 Å². The maximum atomic E-state index is 13.4. The molecule has 188 valence electrons. The van der Waals surface area contributed by atoms with Crippen molar-refractivity contribution in [1.82, 2.24) is 14.7 Å². The van der Waals surface area contributed by atoms with Crippen LogP contribution in [0.3, 0.4) is 0 Å². The number of aromatic nitrogens is 2. The summed E-state index contributed by atoms with van der Waals surface area (Å²) < 4.78 is 7.90. The number of thiocarbonyl (C=S) groups is 1. The molecule has 1 fully saturated rings. The zero-order valence-corrected chi connectivity index (χ0v) is 23.0. The number of nitrogens with zero attached hydrogens (tertiary/aromatic N) is 3. The number of carbonyl (C=O) groups is 1. The van der Waals surface area contributed by atoms with E-state index in [0.717, 1.165) is 53.1 Å². The molecule has 4 rings (SSSR count). The van der Waals surface area contributed by atoms with Gasteiger partial charge in [0.2, 0.25) is 0 Å². The minimum atomic E-state index is -0.00943. The molecule has 1 aliphatic rings. The van der Waals surface area contributed by atoms with Crippen molar-refractivity contribution in [3.63, 3.8) is 0 Å². The smallest absolute Gasteiger partial charge is 0.266 e. The lowest BCUT2D eigenvalue weighted by Crippen LogP contribution is -2.33. The first-order valence-electron chi connectivity index (χ1n) is 12.5. The molecule has 1 aliphatic heterocycles. The molecule has 0 aliphatic carbocycles. The molecular formula is C29H33N3O2S2. The minimum absolute atomic E-state index is 0.00943. The van der Waals surface area contributed by atoms with E-state index in [1.54, 1.807) is 12.0 Å². The fourth-order valence-electron chi connectivity index (χ4n) is 4.42. The van der Waals surface area contributed by atoms with Gasteiger partial charge in [-0.05, 0) is 61.2 Å². The van der Waals surface area contributed by atoms with Crippen LogP contribution in [0, 0.1) is 12.8 Å². The van der Waals surface area contributed by atoms with Gasteiger partial charge in [0.1, 0.15) is 15.8 Å². The molecule has 2 heterocycles. The summed E-state index contributed by atoms with van der Waals surface area (Å²) in [5.74, 6) is 1.25. The summed E-state index contributed by atoms with van der Waals surface area (Å²) in [6, 6.07) is 16.0. The summed E-state index contributed by atoms with van der Waals surface area (Å²) in [4.78, 5) is 15.9. The van der Waals surface area contributed by atoms with E-state index in [9.17, 15) is 4.79 Å². The summed E-state index contributed by atoms with van der Waals surface area (Å²) in [7, 11) is 1.66. The maximum absolute atomic E-state index is 13.4. The zero-order chi connectivity index (χ0) is 25.7. The lowest BCUT2D eigenvalue weighted by Gasteiger charge is -2.21. The van der Waals surface area contributed by atoms with Crippen LogP contribution in [0.15, 0.2) is 59.6 Å². The summed E-state index contributed by atoms with van der Waals surface area (Å²) in [6.45, 7) is 7.12. The first kappa shape index (κ1) is 26.2. The third-order valence-corrected chi connectivity index (χ3v) is 7.97. The number of amides is 1. The quantitative estimate of drug-likeness (QED) is 0.208. The monoisotopic (exact) mass is 519 g/mol. The molecule has 3 aromatic rings. The first-order chi connectivity index (χ1) is 17.4. The number of benzene rings is 2. The number of thioether (sulfide) groups is 1. The van der Waals surface area contributed by atoms with Gasteiger partial charge in [-0.2, -0.15) is 5.10 Å². The van der Waals surface area contributed by atoms with Gasteiger partial charge < -0.3 is 4.74 Å². The predicted molar refractivity (Wildman–Crippen MR) is 153 cm³/mol. The Morgan fingerprint density at radius 2 is 1.94 bits per heavy atom. The maximum Gasteiger partial charge on any atom is 0.266 e. The highest BCUT2D eigenvalue weighted by molar-refractivity contribution is 8.26. The van der Waals surface area contributed by atoms with Crippen LogP contribution in [-0.2, 0) is 4.79 Å². The Kier molecular flexibility index (Phi) is 8.64. The summed E-state index contributed by atoms with van der Waals surface area (Å²) in [5, 5.41) is 4.93. The first-order valence-corrected chi connectivity index (χ1v) is 13.7. The van der Waals surface area contributed by atoms with E-state index in [4.69, 9.17) is 22.1 Å². The van der Waals surface area contributed by atoms with Gasteiger partial charge in [0, 0.05) is 23.9 Å².